The fraction of sp³-hybridized carbons (Fsp3) is 0.462. The van der Waals surface area contributed by atoms with Gasteiger partial charge in [0.05, 0.1) is 5.56 Å². The zero-order valence-corrected chi connectivity index (χ0v) is 10.3. The molecule has 1 aliphatic rings. The van der Waals surface area contributed by atoms with E-state index in [0.29, 0.717) is 18.5 Å². The quantitative estimate of drug-likeness (QED) is 0.860. The first-order valence-corrected chi connectivity index (χ1v) is 6.06. The molecule has 1 amide bonds. The Morgan fingerprint density at radius 3 is 2.78 bits per heavy atom. The molecule has 2 heterocycles. The lowest BCUT2D eigenvalue weighted by molar-refractivity contribution is -0.143. The van der Waals surface area contributed by atoms with Crippen molar-refractivity contribution in [2.45, 2.75) is 32.2 Å². The number of aliphatic carboxylic acids is 1. The Labute approximate surface area is 105 Å². The number of hydrogen-bond donors (Lipinski definition) is 1. The van der Waals surface area contributed by atoms with Crippen LogP contribution in [0.25, 0.3) is 0 Å². The number of aromatic nitrogens is 1. The summed E-state index contributed by atoms with van der Waals surface area (Å²) < 4.78 is 0. The maximum atomic E-state index is 12.2. The van der Waals surface area contributed by atoms with E-state index >= 15 is 0 Å². The maximum absolute atomic E-state index is 12.2. The molecule has 1 aliphatic heterocycles. The summed E-state index contributed by atoms with van der Waals surface area (Å²) in [4.78, 5) is 28.9. The predicted octanol–water partition coefficient (Wildman–Crippen LogP) is 1.47. The molecule has 18 heavy (non-hydrogen) atoms. The van der Waals surface area contributed by atoms with Crippen LogP contribution in [0.5, 0.6) is 0 Å². The lowest BCUT2D eigenvalue weighted by Gasteiger charge is -2.32. The van der Waals surface area contributed by atoms with Crippen molar-refractivity contribution >= 4 is 11.9 Å². The Morgan fingerprint density at radius 1 is 1.39 bits per heavy atom. The van der Waals surface area contributed by atoms with E-state index in [1.54, 1.807) is 12.1 Å². The highest BCUT2D eigenvalue weighted by molar-refractivity contribution is 5.96. The van der Waals surface area contributed by atoms with Crippen LogP contribution < -0.4 is 0 Å². The van der Waals surface area contributed by atoms with Crippen molar-refractivity contribution in [2.75, 3.05) is 6.54 Å². The minimum Gasteiger partial charge on any atom is -0.480 e. The largest absolute Gasteiger partial charge is 0.480 e. The SMILES string of the molecule is Cc1ccc(C(=O)N2CCCC[C@@H]2C(=O)O)cn1. The van der Waals surface area contributed by atoms with Gasteiger partial charge in [0.25, 0.3) is 5.91 Å². The summed E-state index contributed by atoms with van der Waals surface area (Å²) in [6.07, 6.45) is 3.74. The number of piperidine rings is 1. The van der Waals surface area contributed by atoms with Crippen molar-refractivity contribution in [3.63, 3.8) is 0 Å². The third-order valence-electron chi connectivity index (χ3n) is 3.21. The highest BCUT2D eigenvalue weighted by Gasteiger charge is 2.32. The van der Waals surface area contributed by atoms with Gasteiger partial charge in [-0.25, -0.2) is 4.79 Å². The topological polar surface area (TPSA) is 70.5 Å². The van der Waals surface area contributed by atoms with Crippen LogP contribution in [0.15, 0.2) is 18.3 Å². The number of amides is 1. The number of hydrogen-bond acceptors (Lipinski definition) is 3. The van der Waals surface area contributed by atoms with Crippen molar-refractivity contribution in [2.24, 2.45) is 0 Å². The number of pyridine rings is 1. The molecule has 1 saturated heterocycles. The van der Waals surface area contributed by atoms with Gasteiger partial charge in [-0.1, -0.05) is 0 Å². The number of nitrogens with zero attached hydrogens (tertiary/aromatic N) is 2. The first-order chi connectivity index (χ1) is 8.59. The van der Waals surface area contributed by atoms with Gasteiger partial charge in [0.2, 0.25) is 0 Å². The van der Waals surface area contributed by atoms with Gasteiger partial charge >= 0.3 is 5.97 Å². The van der Waals surface area contributed by atoms with Crippen molar-refractivity contribution in [3.05, 3.63) is 29.6 Å². The van der Waals surface area contributed by atoms with Gasteiger partial charge in [0, 0.05) is 18.4 Å². The Bertz CT molecular complexity index is 456. The number of aryl methyl sites for hydroxylation is 1. The molecule has 0 bridgehead atoms. The summed E-state index contributed by atoms with van der Waals surface area (Å²) in [6, 6.07) is 2.75. The van der Waals surface area contributed by atoms with Crippen molar-refractivity contribution in [1.82, 2.24) is 9.88 Å². The van der Waals surface area contributed by atoms with Gasteiger partial charge in [-0.3, -0.25) is 9.78 Å². The molecule has 2 rings (SSSR count). The predicted molar refractivity (Wildman–Crippen MR) is 65.3 cm³/mol. The van der Waals surface area contributed by atoms with Crippen molar-refractivity contribution in [3.8, 4) is 0 Å². The molecule has 1 aromatic rings. The molecule has 0 saturated carbocycles. The fourth-order valence-corrected chi connectivity index (χ4v) is 2.19. The van der Waals surface area contributed by atoms with Crippen LogP contribution in [-0.4, -0.2) is 39.5 Å². The van der Waals surface area contributed by atoms with Gasteiger partial charge in [-0.15, -0.1) is 0 Å². The normalized spacial score (nSPS) is 19.6. The molecule has 96 valence electrons. The van der Waals surface area contributed by atoms with Gasteiger partial charge in [-0.05, 0) is 38.3 Å². The third-order valence-corrected chi connectivity index (χ3v) is 3.21. The molecule has 0 unspecified atom stereocenters. The second-order valence-corrected chi connectivity index (χ2v) is 4.54. The summed E-state index contributed by atoms with van der Waals surface area (Å²) in [6.45, 7) is 2.35. The van der Waals surface area contributed by atoms with Crippen LogP contribution in [-0.2, 0) is 4.79 Å². The van der Waals surface area contributed by atoms with Crippen molar-refractivity contribution in [1.29, 1.82) is 0 Å². The smallest absolute Gasteiger partial charge is 0.326 e. The molecule has 1 atom stereocenters. The van der Waals surface area contributed by atoms with E-state index in [-0.39, 0.29) is 5.91 Å². The number of rotatable bonds is 2. The second-order valence-electron chi connectivity index (χ2n) is 4.54. The maximum Gasteiger partial charge on any atom is 0.326 e. The van der Waals surface area contributed by atoms with E-state index in [1.165, 1.54) is 11.1 Å². The molecule has 1 N–H and O–H groups in total. The van der Waals surface area contributed by atoms with E-state index < -0.39 is 12.0 Å². The molecule has 5 nitrogen and oxygen atoms in total. The average Bonchev–Trinajstić information content (AvgIpc) is 2.39. The number of carbonyl (C=O) groups is 2. The monoisotopic (exact) mass is 248 g/mol. The van der Waals surface area contributed by atoms with E-state index in [9.17, 15) is 9.59 Å². The summed E-state index contributed by atoms with van der Waals surface area (Å²) >= 11 is 0. The zero-order chi connectivity index (χ0) is 13.1. The highest BCUT2D eigenvalue weighted by Crippen LogP contribution is 2.19. The molecule has 1 fully saturated rings. The summed E-state index contributed by atoms with van der Waals surface area (Å²) in [7, 11) is 0. The van der Waals surface area contributed by atoms with Crippen molar-refractivity contribution < 1.29 is 14.7 Å². The average molecular weight is 248 g/mol. The summed E-state index contributed by atoms with van der Waals surface area (Å²) in [5.74, 6) is -1.17. The first-order valence-electron chi connectivity index (χ1n) is 6.06. The van der Waals surface area contributed by atoms with Crippen LogP contribution in [0.4, 0.5) is 0 Å². The number of carboxylic acids is 1. The minimum atomic E-state index is -0.928. The summed E-state index contributed by atoms with van der Waals surface area (Å²) in [5.41, 5.74) is 1.29. The Balaban J connectivity index is 2.20. The molecule has 0 spiro atoms. The molecule has 0 aromatic carbocycles. The van der Waals surface area contributed by atoms with Crippen LogP contribution in [0, 0.1) is 6.92 Å². The lowest BCUT2D eigenvalue weighted by Crippen LogP contribution is -2.48. The fourth-order valence-electron chi connectivity index (χ4n) is 2.19. The van der Waals surface area contributed by atoms with Gasteiger partial charge in [0.1, 0.15) is 6.04 Å². The first kappa shape index (κ1) is 12.5. The lowest BCUT2D eigenvalue weighted by atomic mass is 10.0. The minimum absolute atomic E-state index is 0.241. The van der Waals surface area contributed by atoms with Crippen LogP contribution in [0.3, 0.4) is 0 Å². The van der Waals surface area contributed by atoms with Crippen LogP contribution in [0.1, 0.15) is 35.3 Å². The molecular formula is C13H16N2O3. The molecule has 1 aromatic heterocycles. The highest BCUT2D eigenvalue weighted by atomic mass is 16.4. The number of likely N-dealkylation sites (tertiary alicyclic amines) is 1. The Hall–Kier alpha value is -1.91. The Morgan fingerprint density at radius 2 is 2.17 bits per heavy atom. The molecule has 0 aliphatic carbocycles. The van der Waals surface area contributed by atoms with E-state index in [4.69, 9.17) is 5.11 Å². The van der Waals surface area contributed by atoms with Gasteiger partial charge in [-0.2, -0.15) is 0 Å². The Kier molecular flexibility index (Phi) is 3.60. The van der Waals surface area contributed by atoms with E-state index in [1.807, 2.05) is 6.92 Å². The van der Waals surface area contributed by atoms with Crippen LogP contribution >= 0.6 is 0 Å². The molecule has 0 radical (unpaired) electrons. The third kappa shape index (κ3) is 2.50. The standard InChI is InChI=1S/C13H16N2O3/c1-9-5-6-10(8-14-9)12(16)15-7-3-2-4-11(15)13(17)18/h5-6,8,11H,2-4,7H2,1H3,(H,17,18)/t11-/m1/s1. The summed E-state index contributed by atoms with van der Waals surface area (Å²) in [5, 5.41) is 9.14. The number of carbonyl (C=O) groups excluding carboxylic acids is 1. The molecule has 5 heteroatoms. The van der Waals surface area contributed by atoms with E-state index in [2.05, 4.69) is 4.98 Å². The van der Waals surface area contributed by atoms with E-state index in [0.717, 1.165) is 18.5 Å². The second kappa shape index (κ2) is 5.16. The van der Waals surface area contributed by atoms with Crippen LogP contribution in [0.2, 0.25) is 0 Å². The number of carboxylic acid groups (broad SMARTS) is 1. The van der Waals surface area contributed by atoms with Gasteiger partial charge in [0.15, 0.2) is 0 Å². The molecular weight excluding hydrogens is 232 g/mol. The van der Waals surface area contributed by atoms with Gasteiger partial charge < -0.3 is 10.0 Å². The zero-order valence-electron chi connectivity index (χ0n) is 10.3.